The van der Waals surface area contributed by atoms with Crippen molar-refractivity contribution in [3.8, 4) is 70.7 Å². The van der Waals surface area contributed by atoms with E-state index >= 15 is 14.4 Å². The van der Waals surface area contributed by atoms with Crippen LogP contribution in [0.4, 0.5) is 0 Å². The maximum absolute atomic E-state index is 16.0. The summed E-state index contributed by atoms with van der Waals surface area (Å²) in [4.78, 5) is 47.4. The van der Waals surface area contributed by atoms with Crippen molar-refractivity contribution in [3.63, 3.8) is 0 Å². The third kappa shape index (κ3) is 17.9. The lowest BCUT2D eigenvalue weighted by molar-refractivity contribution is -0.109. The monoisotopic (exact) mass is 1680 g/mol. The number of Topliss-reactive ketones (excluding diaryl/α,β-unsaturated/α-hetero) is 3. The van der Waals surface area contributed by atoms with E-state index in [0.29, 0.717) is 51.4 Å². The topological polar surface area (TPSA) is 60.4 Å². The van der Waals surface area contributed by atoms with Gasteiger partial charge in [-0.05, 0) is 230 Å². The summed E-state index contributed by atoms with van der Waals surface area (Å²) in [5.74, 6) is 34.1. The van der Waals surface area contributed by atoms with Gasteiger partial charge in [-0.25, -0.2) is 0 Å². The van der Waals surface area contributed by atoms with E-state index in [2.05, 4.69) is 132 Å². The molecular weight excluding hydrogens is 1600 g/mol. The molecule has 17 aromatic rings. The second kappa shape index (κ2) is 37.9. The molecule has 0 saturated carbocycles. The average Bonchev–Trinajstić information content (AvgIpc) is 1.59. The molecule has 17 aromatic carbocycles. The molecule has 0 fully saturated rings. The summed E-state index contributed by atoms with van der Waals surface area (Å²) in [6.07, 6.45) is 0.590. The molecule has 0 aromatic heterocycles. The van der Waals surface area contributed by atoms with Crippen molar-refractivity contribution < 1.29 is 19.1 Å². The van der Waals surface area contributed by atoms with Gasteiger partial charge in [-0.3, -0.25) is 14.4 Å². The van der Waals surface area contributed by atoms with Crippen molar-refractivity contribution >= 4 is 84.2 Å². The van der Waals surface area contributed by atoms with Crippen molar-refractivity contribution in [3.05, 3.63) is 595 Å². The quantitative estimate of drug-likeness (QED) is 0.0905. The number of allylic oxidation sites excluding steroid dienone is 12. The zero-order chi connectivity index (χ0) is 88.9. The predicted octanol–water partition coefficient (Wildman–Crippen LogP) is 27.4. The maximum Gasteiger partial charge on any atom is 0.195 e. The summed E-state index contributed by atoms with van der Waals surface area (Å²) in [6, 6.07) is 153. The van der Waals surface area contributed by atoms with Crippen molar-refractivity contribution in [2.75, 3.05) is 0 Å². The van der Waals surface area contributed by atoms with Crippen LogP contribution in [-0.4, -0.2) is 17.3 Å². The number of ether oxygens (including phenoxy) is 1. The van der Waals surface area contributed by atoms with Crippen LogP contribution >= 0.6 is 0 Å². The van der Waals surface area contributed by atoms with Gasteiger partial charge in [0.05, 0.1) is 0 Å². The molecule has 0 spiro atoms. The molecule has 4 heteroatoms. The Morgan fingerprint density at radius 2 is 0.273 bits per heavy atom. The molecule has 614 valence electrons. The normalized spacial score (nSPS) is 12.7. The first-order chi connectivity index (χ1) is 65.2. The van der Waals surface area contributed by atoms with Gasteiger partial charge in [0.2, 0.25) is 0 Å². The number of carbonyl (C=O) groups excluding carboxylic acids is 3. The van der Waals surface area contributed by atoms with Crippen LogP contribution in [0.15, 0.2) is 461 Å². The minimum absolute atomic E-state index is 0.0634. The Kier molecular flexibility index (Phi) is 23.6. The van der Waals surface area contributed by atoms with E-state index in [0.717, 1.165) is 167 Å². The SMILES string of the molecule is O=C1C(c2ccccc2)=C(c2ccc(C#Cc3ccccc3)cc2)C(c2ccc(Cc3ccc(C4=C(c5ccc(C#Cc6ccccc6)cc5)C(=O)C(c5ccccc5)=C4c4ccc(Oc5ccc(C6=C(c7ccc(C#Cc8ccccc8)cc7)C(=O)C(c7ccccc7)=C6c6ccc(C#Cc7ccccc7)cc6)cc5)cc4)cc3)cc2)=C1c1ccc(C#Cc2ccccc2)cc1. The van der Waals surface area contributed by atoms with Gasteiger partial charge in [0.25, 0.3) is 0 Å². The van der Waals surface area contributed by atoms with Gasteiger partial charge < -0.3 is 4.74 Å². The lowest BCUT2D eigenvalue weighted by Crippen LogP contribution is -2.02. The molecule has 0 N–H and O–H groups in total. The van der Waals surface area contributed by atoms with Crippen LogP contribution in [0.2, 0.25) is 0 Å². The van der Waals surface area contributed by atoms with Crippen LogP contribution in [0, 0.1) is 59.2 Å². The molecule has 0 atom stereocenters. The largest absolute Gasteiger partial charge is 0.457 e. The van der Waals surface area contributed by atoms with Crippen molar-refractivity contribution in [2.45, 2.75) is 6.42 Å². The molecule has 20 rings (SSSR count). The second-order valence-electron chi connectivity index (χ2n) is 32.3. The molecular formula is C128H78O4. The third-order valence-corrected chi connectivity index (χ3v) is 23.7. The summed E-state index contributed by atoms with van der Waals surface area (Å²) in [5, 5.41) is 0. The number of ketones is 3. The van der Waals surface area contributed by atoms with Gasteiger partial charge in [0.1, 0.15) is 11.5 Å². The Morgan fingerprint density at radius 3 is 0.455 bits per heavy atom. The lowest BCUT2D eigenvalue weighted by atomic mass is 9.87. The molecule has 3 aliphatic rings. The summed E-state index contributed by atoms with van der Waals surface area (Å²) in [6.45, 7) is 0. The summed E-state index contributed by atoms with van der Waals surface area (Å²) in [5.41, 5.74) is 29.2. The zero-order valence-electron chi connectivity index (χ0n) is 71.7. The molecule has 0 bridgehead atoms. The van der Waals surface area contributed by atoms with Gasteiger partial charge >= 0.3 is 0 Å². The number of benzene rings is 17. The van der Waals surface area contributed by atoms with E-state index in [1.54, 1.807) is 0 Å². The summed E-state index contributed by atoms with van der Waals surface area (Å²) < 4.78 is 6.83. The highest BCUT2D eigenvalue weighted by Gasteiger charge is 2.39. The first kappa shape index (κ1) is 82.1. The van der Waals surface area contributed by atoms with Crippen LogP contribution in [-0.2, 0) is 20.8 Å². The first-order valence-corrected chi connectivity index (χ1v) is 43.9. The van der Waals surface area contributed by atoms with Crippen LogP contribution in [0.25, 0.3) is 66.9 Å². The van der Waals surface area contributed by atoms with Gasteiger partial charge in [0, 0.05) is 123 Å². The van der Waals surface area contributed by atoms with Gasteiger partial charge in [-0.15, -0.1) is 0 Å². The molecule has 0 amide bonds. The summed E-state index contributed by atoms with van der Waals surface area (Å²) in [7, 11) is 0. The number of rotatable bonds is 16. The number of hydrogen-bond acceptors (Lipinski definition) is 4. The highest BCUT2D eigenvalue weighted by atomic mass is 16.5. The van der Waals surface area contributed by atoms with E-state index in [1.165, 1.54) is 0 Å². The molecule has 0 saturated heterocycles. The zero-order valence-corrected chi connectivity index (χ0v) is 71.7. The van der Waals surface area contributed by atoms with Crippen molar-refractivity contribution in [2.24, 2.45) is 0 Å². The van der Waals surface area contributed by atoms with Crippen molar-refractivity contribution in [1.82, 2.24) is 0 Å². The smallest absolute Gasteiger partial charge is 0.195 e. The van der Waals surface area contributed by atoms with E-state index in [1.807, 2.05) is 388 Å². The van der Waals surface area contributed by atoms with E-state index in [-0.39, 0.29) is 17.3 Å². The Bertz CT molecular complexity index is 7850. The Balaban J connectivity index is 0.640. The lowest BCUT2D eigenvalue weighted by Gasteiger charge is -2.16. The second-order valence-corrected chi connectivity index (χ2v) is 32.3. The van der Waals surface area contributed by atoms with Gasteiger partial charge in [-0.2, -0.15) is 0 Å². The molecule has 0 aliphatic heterocycles. The Hall–Kier alpha value is -18.2. The minimum atomic E-state index is -0.100. The number of carbonyl (C=O) groups is 3. The highest BCUT2D eigenvalue weighted by molar-refractivity contribution is 6.61. The van der Waals surface area contributed by atoms with Crippen LogP contribution in [0.3, 0.4) is 0 Å². The Morgan fingerprint density at radius 1 is 0.136 bits per heavy atom. The highest BCUT2D eigenvalue weighted by Crippen LogP contribution is 2.54. The van der Waals surface area contributed by atoms with E-state index < -0.39 is 0 Å². The average molecular weight is 1680 g/mol. The fourth-order valence-corrected chi connectivity index (χ4v) is 17.3. The fourth-order valence-electron chi connectivity index (χ4n) is 17.3. The van der Waals surface area contributed by atoms with E-state index in [9.17, 15) is 0 Å². The van der Waals surface area contributed by atoms with Gasteiger partial charge in [-0.1, -0.05) is 375 Å². The van der Waals surface area contributed by atoms with Crippen LogP contribution < -0.4 is 4.74 Å². The molecule has 3 aliphatic carbocycles. The molecule has 0 radical (unpaired) electrons. The molecule has 0 unspecified atom stereocenters. The number of hydrogen-bond donors (Lipinski definition) is 0. The van der Waals surface area contributed by atoms with Gasteiger partial charge in [0.15, 0.2) is 17.3 Å². The standard InChI is InChI=1S/C128H78O4/c129-126-120(100-35-19-6-20-36-100)114(103-65-51-93(52-66-103)46-41-88-25-9-1-10-26-88)116(123(126)109-69-55-95(56-70-109)48-43-90-29-13-3-14-30-90)105-75-61-98(62-76-105)87-99-63-77-106(78-64-99)117-118(122(102-39-23-8-24-40-102)128(131)124(117)110-71-57-96(58-72-110)49-44-91-31-15-4-16-32-91)107-79-83-112(84-80-107)132-113-85-81-108(82-86-113)119-115(104-67-53-94(54-68-104)47-42-89-27-11-2-12-28-89)121(101-37-21-7-22-38-101)127(130)125(119)111-73-59-97(60-74-111)50-45-92-33-17-5-18-34-92/h1-40,51-86H,87H2. The van der Waals surface area contributed by atoms with Crippen LogP contribution in [0.5, 0.6) is 11.5 Å². The first-order valence-electron chi connectivity index (χ1n) is 43.9. The van der Waals surface area contributed by atoms with Crippen molar-refractivity contribution in [1.29, 1.82) is 0 Å². The fraction of sp³-hybridized carbons (Fsp3) is 0.00781. The molecule has 132 heavy (non-hydrogen) atoms. The molecule has 4 nitrogen and oxygen atoms in total. The van der Waals surface area contributed by atoms with E-state index in [4.69, 9.17) is 4.74 Å². The predicted molar refractivity (Wildman–Crippen MR) is 538 cm³/mol. The minimum Gasteiger partial charge on any atom is -0.457 e. The van der Waals surface area contributed by atoms with Crippen LogP contribution in [0.1, 0.15) is 134 Å². The Labute approximate surface area is 769 Å². The maximum atomic E-state index is 16.0. The third-order valence-electron chi connectivity index (χ3n) is 23.7. The molecule has 0 heterocycles. The summed E-state index contributed by atoms with van der Waals surface area (Å²) >= 11 is 0.